The second-order valence-electron chi connectivity index (χ2n) is 9.65. The number of phenols is 1. The molecule has 34 heavy (non-hydrogen) atoms. The zero-order valence-corrected chi connectivity index (χ0v) is 19.1. The number of nitrogens with one attached hydrogen (secondary N) is 2. The first-order valence-corrected chi connectivity index (χ1v) is 11.6. The summed E-state index contributed by atoms with van der Waals surface area (Å²) in [7, 11) is 0. The topological polar surface area (TPSA) is 78.4 Å². The van der Waals surface area contributed by atoms with Crippen molar-refractivity contribution in [3.8, 4) is 5.75 Å². The summed E-state index contributed by atoms with van der Waals surface area (Å²) in [5.74, 6) is -1.47. The van der Waals surface area contributed by atoms with Gasteiger partial charge in [0.05, 0.1) is 0 Å². The Morgan fingerprint density at radius 1 is 1.03 bits per heavy atom. The van der Waals surface area contributed by atoms with E-state index in [1.54, 1.807) is 24.3 Å². The third-order valence-electron chi connectivity index (χ3n) is 7.04. The molecule has 0 saturated carbocycles. The lowest BCUT2D eigenvalue weighted by Crippen LogP contribution is -2.49. The Morgan fingerprint density at radius 3 is 2.38 bits per heavy atom. The van der Waals surface area contributed by atoms with Gasteiger partial charge in [0.1, 0.15) is 17.1 Å². The van der Waals surface area contributed by atoms with Crippen LogP contribution in [0.3, 0.4) is 0 Å². The van der Waals surface area contributed by atoms with Gasteiger partial charge in [-0.2, -0.15) is 0 Å². The predicted octanol–water partition coefficient (Wildman–Crippen LogP) is 4.98. The van der Waals surface area contributed by atoms with E-state index in [2.05, 4.69) is 24.5 Å². The number of amides is 1. The van der Waals surface area contributed by atoms with Crippen LogP contribution in [0.5, 0.6) is 5.75 Å². The highest BCUT2D eigenvalue weighted by atomic mass is 19.1. The summed E-state index contributed by atoms with van der Waals surface area (Å²) >= 11 is 0. The second-order valence-corrected chi connectivity index (χ2v) is 9.65. The number of hydrogen-bond donors (Lipinski definition) is 3. The molecule has 3 aromatic rings. The van der Waals surface area contributed by atoms with E-state index in [1.165, 1.54) is 24.3 Å². The molecule has 1 saturated heterocycles. The molecule has 5 rings (SSSR count). The minimum absolute atomic E-state index is 0.0791. The molecule has 5 nitrogen and oxygen atoms in total. The summed E-state index contributed by atoms with van der Waals surface area (Å²) in [5.41, 5.74) is 1.54. The van der Waals surface area contributed by atoms with Gasteiger partial charge in [0, 0.05) is 34.7 Å². The lowest BCUT2D eigenvalue weighted by Gasteiger charge is -2.32. The van der Waals surface area contributed by atoms with Gasteiger partial charge in [-0.25, -0.2) is 4.39 Å². The number of benzene rings is 3. The number of carbonyl (C=O) groups is 2. The van der Waals surface area contributed by atoms with E-state index in [4.69, 9.17) is 0 Å². The molecular weight excluding hydrogens is 431 g/mol. The average Bonchev–Trinajstić information content (AvgIpc) is 3.29. The van der Waals surface area contributed by atoms with E-state index < -0.39 is 17.4 Å². The molecule has 2 heterocycles. The lowest BCUT2D eigenvalue weighted by atomic mass is 9.69. The van der Waals surface area contributed by atoms with E-state index >= 15 is 0 Å². The van der Waals surface area contributed by atoms with Gasteiger partial charge in [0.15, 0.2) is 5.78 Å². The zero-order valence-electron chi connectivity index (χ0n) is 19.1. The van der Waals surface area contributed by atoms with E-state index in [9.17, 15) is 19.1 Å². The van der Waals surface area contributed by atoms with Crippen LogP contribution in [0.4, 0.5) is 10.1 Å². The van der Waals surface area contributed by atoms with Crippen molar-refractivity contribution < 1.29 is 19.1 Å². The molecule has 0 unspecified atom stereocenters. The fraction of sp³-hybridized carbons (Fsp3) is 0.286. The van der Waals surface area contributed by atoms with Gasteiger partial charge in [-0.1, -0.05) is 44.2 Å². The van der Waals surface area contributed by atoms with Crippen molar-refractivity contribution in [3.63, 3.8) is 0 Å². The maximum atomic E-state index is 14.0. The number of Topliss-reactive ketones (excluding diaryl/α,β-unsaturated/α-hetero) is 1. The van der Waals surface area contributed by atoms with Crippen LogP contribution in [0.2, 0.25) is 0 Å². The number of anilines is 1. The fourth-order valence-electron chi connectivity index (χ4n) is 5.70. The number of rotatable bonds is 5. The van der Waals surface area contributed by atoms with Crippen LogP contribution < -0.4 is 10.6 Å². The van der Waals surface area contributed by atoms with Crippen LogP contribution in [0.25, 0.3) is 0 Å². The van der Waals surface area contributed by atoms with Gasteiger partial charge < -0.3 is 10.4 Å². The number of para-hydroxylation sites is 1. The Hall–Kier alpha value is -3.51. The van der Waals surface area contributed by atoms with Gasteiger partial charge in [-0.3, -0.25) is 14.9 Å². The summed E-state index contributed by atoms with van der Waals surface area (Å²) in [6.45, 7) is 4.18. The van der Waals surface area contributed by atoms with Crippen LogP contribution in [-0.2, 0) is 10.3 Å². The van der Waals surface area contributed by atoms with Crippen LogP contribution >= 0.6 is 0 Å². The lowest BCUT2D eigenvalue weighted by molar-refractivity contribution is -0.122. The van der Waals surface area contributed by atoms with Crippen LogP contribution in [0, 0.1) is 17.7 Å². The molecular formula is C28H27FN2O3. The molecule has 4 atom stereocenters. The molecule has 1 fully saturated rings. The summed E-state index contributed by atoms with van der Waals surface area (Å²) < 4.78 is 13.9. The molecule has 1 spiro atoms. The van der Waals surface area contributed by atoms with Crippen molar-refractivity contribution in [2.24, 2.45) is 11.8 Å². The monoisotopic (exact) mass is 458 g/mol. The molecule has 6 heteroatoms. The second kappa shape index (κ2) is 8.37. The highest BCUT2D eigenvalue weighted by Gasteiger charge is 2.63. The Balaban J connectivity index is 1.73. The average molecular weight is 459 g/mol. The molecule has 3 aromatic carbocycles. The number of phenolic OH excluding ortho intramolecular Hbond substituents is 1. The number of carbonyl (C=O) groups excluding carboxylic acids is 2. The summed E-state index contributed by atoms with van der Waals surface area (Å²) in [4.78, 5) is 27.7. The smallest absolute Gasteiger partial charge is 0.250 e. The summed E-state index contributed by atoms with van der Waals surface area (Å²) in [6.07, 6.45) is 0.684. The number of aromatic hydroxyl groups is 1. The van der Waals surface area contributed by atoms with Crippen LogP contribution in [0.15, 0.2) is 72.8 Å². The highest BCUT2D eigenvalue weighted by Crippen LogP contribution is 2.55. The minimum Gasteiger partial charge on any atom is -0.508 e. The normalized spacial score (nSPS) is 25.5. The number of fused-ring (bicyclic) bond motifs is 2. The molecule has 2 aliphatic heterocycles. The van der Waals surface area contributed by atoms with Gasteiger partial charge in [-0.05, 0) is 60.4 Å². The maximum absolute atomic E-state index is 14.0. The van der Waals surface area contributed by atoms with Crippen molar-refractivity contribution in [2.45, 2.75) is 37.8 Å². The highest BCUT2D eigenvalue weighted by molar-refractivity contribution is 6.09. The quantitative estimate of drug-likeness (QED) is 0.471. The summed E-state index contributed by atoms with van der Waals surface area (Å²) in [5, 5.41) is 16.3. The first-order chi connectivity index (χ1) is 16.3. The Morgan fingerprint density at radius 2 is 1.71 bits per heavy atom. The van der Waals surface area contributed by atoms with E-state index in [1.807, 2.05) is 24.3 Å². The van der Waals surface area contributed by atoms with Crippen molar-refractivity contribution in [1.82, 2.24) is 5.32 Å². The molecule has 0 aliphatic carbocycles. The molecule has 0 bridgehead atoms. The standard InChI is InChI=1S/C28H27FN2O3/c1-16(2)15-23-24(26(33)18-9-13-20(32)14-10-18)25(17-7-11-19(29)12-8-17)28(31-23)21-5-3-4-6-22(21)30-27(28)34/h3-14,16,23-25,31-32H,15H2,1-2H3,(H,30,34)/t23-,24+,25-,28-/m0/s1. The maximum Gasteiger partial charge on any atom is 0.250 e. The molecule has 0 radical (unpaired) electrons. The van der Waals surface area contributed by atoms with E-state index in [0.29, 0.717) is 17.7 Å². The van der Waals surface area contributed by atoms with Gasteiger partial charge in [0.25, 0.3) is 0 Å². The molecule has 174 valence electrons. The number of hydrogen-bond acceptors (Lipinski definition) is 4. The summed E-state index contributed by atoms with van der Waals surface area (Å²) in [6, 6.07) is 19.5. The van der Waals surface area contributed by atoms with Crippen molar-refractivity contribution in [3.05, 3.63) is 95.3 Å². The van der Waals surface area contributed by atoms with E-state index in [0.717, 1.165) is 11.1 Å². The van der Waals surface area contributed by atoms with Crippen molar-refractivity contribution in [2.75, 3.05) is 5.32 Å². The third kappa shape index (κ3) is 3.49. The first-order valence-electron chi connectivity index (χ1n) is 11.6. The zero-order chi connectivity index (χ0) is 24.0. The Kier molecular flexibility index (Phi) is 5.48. The van der Waals surface area contributed by atoms with Crippen molar-refractivity contribution in [1.29, 1.82) is 0 Å². The van der Waals surface area contributed by atoms with Gasteiger partial charge >= 0.3 is 0 Å². The first kappa shape index (κ1) is 22.3. The van der Waals surface area contributed by atoms with Gasteiger partial charge in [-0.15, -0.1) is 0 Å². The van der Waals surface area contributed by atoms with Crippen LogP contribution in [-0.4, -0.2) is 22.8 Å². The van der Waals surface area contributed by atoms with Gasteiger partial charge in [0.2, 0.25) is 5.91 Å². The molecule has 3 N–H and O–H groups in total. The SMILES string of the molecule is CC(C)C[C@@H]1N[C@]2(C(=O)Nc3ccccc32)[C@@H](c2ccc(F)cc2)[C@@H]1C(=O)c1ccc(O)cc1. The Labute approximate surface area is 198 Å². The van der Waals surface area contributed by atoms with E-state index in [-0.39, 0.29) is 35.2 Å². The number of ketones is 1. The molecule has 0 aromatic heterocycles. The minimum atomic E-state index is -1.16. The molecule has 1 amide bonds. The fourth-order valence-corrected chi connectivity index (χ4v) is 5.70. The number of halogens is 1. The molecule has 2 aliphatic rings. The van der Waals surface area contributed by atoms with Crippen LogP contribution in [0.1, 0.15) is 47.7 Å². The third-order valence-corrected chi connectivity index (χ3v) is 7.04. The largest absolute Gasteiger partial charge is 0.508 e. The predicted molar refractivity (Wildman–Crippen MR) is 128 cm³/mol. The Bertz CT molecular complexity index is 1240. The van der Waals surface area contributed by atoms with Crippen molar-refractivity contribution >= 4 is 17.4 Å².